The van der Waals surface area contributed by atoms with Crippen LogP contribution in [0.4, 0.5) is 0 Å². The molecule has 0 unspecified atom stereocenters. The molecule has 0 spiro atoms. The van der Waals surface area contributed by atoms with Crippen LogP contribution in [-0.4, -0.2) is 4.87 Å². The minimum absolute atomic E-state index is 0.106. The summed E-state index contributed by atoms with van der Waals surface area (Å²) in [4.78, 5) is -0.106. The Morgan fingerprint density at radius 3 is 1.92 bits per heavy atom. The third kappa shape index (κ3) is 4.15. The average Bonchev–Trinajstić information content (AvgIpc) is 1.82. The van der Waals surface area contributed by atoms with Crippen LogP contribution >= 0.6 is 11.6 Å². The fourth-order valence-electron chi connectivity index (χ4n) is 1.30. The lowest BCUT2D eigenvalue weighted by atomic mass is 9.84. The molecule has 0 aromatic heterocycles. The van der Waals surface area contributed by atoms with Crippen LogP contribution in [-0.2, 0) is 0 Å². The highest BCUT2D eigenvalue weighted by Crippen LogP contribution is 2.31. The Hall–Kier alpha value is 0.0300. The number of alkyl halides is 1. The largest absolute Gasteiger partial charge is 0.120 e. The Morgan fingerprint density at radius 2 is 1.67 bits per heavy atom. The van der Waals surface area contributed by atoms with Crippen LogP contribution < -0.4 is 0 Å². The molecule has 0 heterocycles. The predicted octanol–water partition coefficient (Wildman–Crippen LogP) is 4.24. The van der Waals surface area contributed by atoms with E-state index in [9.17, 15) is 0 Å². The first-order valence-electron chi connectivity index (χ1n) is 4.59. The van der Waals surface area contributed by atoms with Crippen LogP contribution in [0.25, 0.3) is 0 Å². The molecule has 0 rings (SSSR count). The van der Waals surface area contributed by atoms with Crippen molar-refractivity contribution in [3.63, 3.8) is 0 Å². The second kappa shape index (κ2) is 4.32. The van der Waals surface area contributed by atoms with Gasteiger partial charge in [0, 0.05) is 4.87 Å². The van der Waals surface area contributed by atoms with Crippen molar-refractivity contribution in [1.82, 2.24) is 0 Å². The molecule has 0 amide bonds. The van der Waals surface area contributed by atoms with E-state index in [0.29, 0.717) is 11.8 Å². The summed E-state index contributed by atoms with van der Waals surface area (Å²) >= 11 is 6.23. The van der Waals surface area contributed by atoms with E-state index in [-0.39, 0.29) is 4.87 Å². The summed E-state index contributed by atoms with van der Waals surface area (Å²) < 4.78 is 0. The molecule has 0 fully saturated rings. The van der Waals surface area contributed by atoms with Crippen molar-refractivity contribution >= 4 is 11.6 Å². The first kappa shape index (κ1) is 12.0. The van der Waals surface area contributed by atoms with Crippen LogP contribution in [0.1, 0.15) is 41.5 Å². The van der Waals surface area contributed by atoms with Crippen molar-refractivity contribution in [3.05, 3.63) is 11.6 Å². The molecule has 0 bridgehead atoms. The number of halogens is 1. The highest BCUT2D eigenvalue weighted by molar-refractivity contribution is 6.23. The van der Waals surface area contributed by atoms with Gasteiger partial charge in [-0.1, -0.05) is 25.5 Å². The zero-order valence-corrected chi connectivity index (χ0v) is 9.87. The van der Waals surface area contributed by atoms with Gasteiger partial charge in [0.2, 0.25) is 0 Å². The normalized spacial score (nSPS) is 16.9. The van der Waals surface area contributed by atoms with Gasteiger partial charge < -0.3 is 0 Å². The number of hydrogen-bond donors (Lipinski definition) is 0. The van der Waals surface area contributed by atoms with Gasteiger partial charge in [-0.3, -0.25) is 0 Å². The second-order valence-electron chi connectivity index (χ2n) is 4.46. The van der Waals surface area contributed by atoms with Gasteiger partial charge >= 0.3 is 0 Å². The molecule has 0 radical (unpaired) electrons. The van der Waals surface area contributed by atoms with E-state index in [4.69, 9.17) is 11.6 Å². The fourth-order valence-corrected chi connectivity index (χ4v) is 1.49. The lowest BCUT2D eigenvalue weighted by molar-refractivity contribution is 0.368. The Balaban J connectivity index is 4.30. The van der Waals surface area contributed by atoms with Crippen LogP contribution in [0.2, 0.25) is 0 Å². The van der Waals surface area contributed by atoms with Crippen molar-refractivity contribution in [2.45, 2.75) is 46.4 Å². The number of allylic oxidation sites excluding steroid dienone is 2. The lowest BCUT2D eigenvalue weighted by Gasteiger charge is -2.28. The fraction of sp³-hybridized carbons (Fsp3) is 0.818. The maximum absolute atomic E-state index is 6.23. The highest BCUT2D eigenvalue weighted by atomic mass is 35.5. The third-order valence-electron chi connectivity index (χ3n) is 2.47. The molecule has 0 saturated heterocycles. The molecule has 0 N–H and O–H groups in total. The monoisotopic (exact) mass is 188 g/mol. The summed E-state index contributed by atoms with van der Waals surface area (Å²) in [5.41, 5.74) is 1.37. The minimum atomic E-state index is -0.106. The Bertz CT molecular complexity index is 158. The zero-order chi connectivity index (χ0) is 9.94. The Morgan fingerprint density at radius 1 is 1.25 bits per heavy atom. The predicted molar refractivity (Wildman–Crippen MR) is 57.7 cm³/mol. The molecule has 0 aliphatic heterocycles. The molecular weight excluding hydrogens is 168 g/mol. The van der Waals surface area contributed by atoms with E-state index < -0.39 is 0 Å². The van der Waals surface area contributed by atoms with Crippen LogP contribution in [0.15, 0.2) is 11.6 Å². The topological polar surface area (TPSA) is 0 Å². The van der Waals surface area contributed by atoms with Gasteiger partial charge in [0.15, 0.2) is 0 Å². The third-order valence-corrected chi connectivity index (χ3v) is 2.81. The van der Waals surface area contributed by atoms with Crippen LogP contribution in [0.5, 0.6) is 0 Å². The summed E-state index contributed by atoms with van der Waals surface area (Å²) in [6.45, 7) is 12.8. The van der Waals surface area contributed by atoms with Gasteiger partial charge in [0.05, 0.1) is 0 Å². The van der Waals surface area contributed by atoms with E-state index in [1.165, 1.54) is 5.57 Å². The van der Waals surface area contributed by atoms with E-state index in [2.05, 4.69) is 47.6 Å². The van der Waals surface area contributed by atoms with Gasteiger partial charge in [0.1, 0.15) is 0 Å². The number of hydrogen-bond acceptors (Lipinski definition) is 0. The molecule has 0 nitrogen and oxygen atoms in total. The lowest BCUT2D eigenvalue weighted by Crippen LogP contribution is -2.26. The molecule has 12 heavy (non-hydrogen) atoms. The molecule has 2 atom stereocenters. The molecule has 0 aliphatic rings. The highest BCUT2D eigenvalue weighted by Gasteiger charge is 2.26. The van der Waals surface area contributed by atoms with E-state index in [0.717, 1.165) is 0 Å². The zero-order valence-electron chi connectivity index (χ0n) is 9.11. The van der Waals surface area contributed by atoms with Gasteiger partial charge in [-0.05, 0) is 39.5 Å². The van der Waals surface area contributed by atoms with Crippen molar-refractivity contribution in [2.75, 3.05) is 0 Å². The van der Waals surface area contributed by atoms with Crippen LogP contribution in [0, 0.1) is 11.8 Å². The van der Waals surface area contributed by atoms with Crippen molar-refractivity contribution in [2.24, 2.45) is 11.8 Å². The summed E-state index contributed by atoms with van der Waals surface area (Å²) in [5, 5.41) is 0. The molecule has 0 aliphatic carbocycles. The molecule has 1 heteroatoms. The SMILES string of the molecule is CC(C)=C[C@H](C)[C@@H](C)C(C)(C)Cl. The summed E-state index contributed by atoms with van der Waals surface area (Å²) in [5.74, 6) is 1.07. The first-order chi connectivity index (χ1) is 5.25. The maximum atomic E-state index is 6.23. The van der Waals surface area contributed by atoms with Crippen molar-refractivity contribution in [3.8, 4) is 0 Å². The van der Waals surface area contributed by atoms with Crippen molar-refractivity contribution < 1.29 is 0 Å². The quantitative estimate of drug-likeness (QED) is 0.459. The average molecular weight is 189 g/mol. The summed E-state index contributed by atoms with van der Waals surface area (Å²) in [6.07, 6.45) is 2.29. The molecule has 72 valence electrons. The van der Waals surface area contributed by atoms with E-state index in [1.807, 2.05) is 0 Å². The molecule has 0 aromatic rings. The van der Waals surface area contributed by atoms with Gasteiger partial charge in [0.25, 0.3) is 0 Å². The molecular formula is C11H21Cl. The van der Waals surface area contributed by atoms with Gasteiger partial charge in [-0.15, -0.1) is 11.6 Å². The van der Waals surface area contributed by atoms with Crippen LogP contribution in [0.3, 0.4) is 0 Å². The van der Waals surface area contributed by atoms with Gasteiger partial charge in [-0.25, -0.2) is 0 Å². The van der Waals surface area contributed by atoms with Gasteiger partial charge in [-0.2, -0.15) is 0 Å². The summed E-state index contributed by atoms with van der Waals surface area (Å²) in [7, 11) is 0. The maximum Gasteiger partial charge on any atom is 0.0421 e. The standard InChI is InChI=1S/C11H21Cl/c1-8(2)7-9(3)10(4)11(5,6)12/h7,9-10H,1-6H3/t9-,10+/m0/s1. The minimum Gasteiger partial charge on any atom is -0.120 e. The second-order valence-corrected chi connectivity index (χ2v) is 5.43. The smallest absolute Gasteiger partial charge is 0.0421 e. The van der Waals surface area contributed by atoms with E-state index in [1.54, 1.807) is 0 Å². The van der Waals surface area contributed by atoms with Crippen molar-refractivity contribution in [1.29, 1.82) is 0 Å². The molecule has 0 saturated carbocycles. The first-order valence-corrected chi connectivity index (χ1v) is 4.97. The summed E-state index contributed by atoms with van der Waals surface area (Å²) in [6, 6.07) is 0. The Kier molecular flexibility index (Phi) is 4.33. The number of rotatable bonds is 3. The molecule has 0 aromatic carbocycles. The Labute approximate surface area is 82.0 Å². The van der Waals surface area contributed by atoms with E-state index >= 15 is 0 Å².